The van der Waals surface area contributed by atoms with Crippen LogP contribution in [0.5, 0.6) is 0 Å². The highest BCUT2D eigenvalue weighted by Crippen LogP contribution is 2.20. The SMILES string of the molecule is Cc1cc(NCCC(N)c2ccccc2)c(C#N)c(C)n1. The first-order valence-corrected chi connectivity index (χ1v) is 7.04. The van der Waals surface area contributed by atoms with Crippen molar-refractivity contribution >= 4 is 5.69 Å². The maximum absolute atomic E-state index is 9.22. The van der Waals surface area contributed by atoms with Crippen LogP contribution in [0.1, 0.15) is 35.0 Å². The van der Waals surface area contributed by atoms with E-state index in [1.54, 1.807) is 0 Å². The van der Waals surface area contributed by atoms with Crippen molar-refractivity contribution in [2.45, 2.75) is 26.3 Å². The summed E-state index contributed by atoms with van der Waals surface area (Å²) in [5, 5.41) is 12.5. The van der Waals surface area contributed by atoms with E-state index in [0.717, 1.165) is 29.1 Å². The molecule has 1 unspecified atom stereocenters. The van der Waals surface area contributed by atoms with E-state index >= 15 is 0 Å². The van der Waals surface area contributed by atoms with Crippen molar-refractivity contribution < 1.29 is 0 Å². The normalized spacial score (nSPS) is 11.7. The largest absolute Gasteiger partial charge is 0.384 e. The molecular weight excluding hydrogens is 260 g/mol. The number of benzene rings is 1. The Morgan fingerprint density at radius 3 is 2.67 bits per heavy atom. The van der Waals surface area contributed by atoms with Gasteiger partial charge in [0.15, 0.2) is 0 Å². The van der Waals surface area contributed by atoms with E-state index in [0.29, 0.717) is 12.1 Å². The molecule has 0 spiro atoms. The monoisotopic (exact) mass is 280 g/mol. The molecule has 1 atom stereocenters. The summed E-state index contributed by atoms with van der Waals surface area (Å²) < 4.78 is 0. The highest BCUT2D eigenvalue weighted by Gasteiger charge is 2.09. The van der Waals surface area contributed by atoms with Crippen molar-refractivity contribution in [1.29, 1.82) is 5.26 Å². The van der Waals surface area contributed by atoms with Gasteiger partial charge in [0.25, 0.3) is 0 Å². The van der Waals surface area contributed by atoms with Gasteiger partial charge in [0.1, 0.15) is 6.07 Å². The van der Waals surface area contributed by atoms with E-state index in [1.165, 1.54) is 0 Å². The second-order valence-electron chi connectivity index (χ2n) is 5.12. The van der Waals surface area contributed by atoms with Crippen LogP contribution < -0.4 is 11.1 Å². The van der Waals surface area contributed by atoms with Crippen LogP contribution in [0.25, 0.3) is 0 Å². The third-order valence-corrected chi connectivity index (χ3v) is 3.44. The molecule has 4 nitrogen and oxygen atoms in total. The van der Waals surface area contributed by atoms with Gasteiger partial charge in [-0.2, -0.15) is 5.26 Å². The quantitative estimate of drug-likeness (QED) is 0.882. The molecule has 2 aromatic rings. The van der Waals surface area contributed by atoms with E-state index in [1.807, 2.05) is 50.2 Å². The second-order valence-corrected chi connectivity index (χ2v) is 5.12. The van der Waals surface area contributed by atoms with Gasteiger partial charge in [0.05, 0.1) is 16.9 Å². The number of nitriles is 1. The van der Waals surface area contributed by atoms with E-state index in [4.69, 9.17) is 5.73 Å². The van der Waals surface area contributed by atoms with Gasteiger partial charge < -0.3 is 11.1 Å². The lowest BCUT2D eigenvalue weighted by Gasteiger charge is -2.14. The van der Waals surface area contributed by atoms with Crippen LogP contribution in [0.3, 0.4) is 0 Å². The van der Waals surface area contributed by atoms with E-state index in [-0.39, 0.29) is 6.04 Å². The Kier molecular flexibility index (Phi) is 4.91. The minimum absolute atomic E-state index is 0.00623. The average Bonchev–Trinajstić information content (AvgIpc) is 2.47. The molecular formula is C17H20N4. The van der Waals surface area contributed by atoms with Crippen LogP contribution in [0, 0.1) is 25.2 Å². The third-order valence-electron chi connectivity index (χ3n) is 3.44. The zero-order valence-corrected chi connectivity index (χ0v) is 12.4. The molecule has 0 saturated carbocycles. The van der Waals surface area contributed by atoms with Gasteiger partial charge in [0.2, 0.25) is 0 Å². The molecule has 0 aliphatic heterocycles. The first kappa shape index (κ1) is 15.0. The Bertz CT molecular complexity index is 644. The average molecular weight is 280 g/mol. The molecule has 3 N–H and O–H groups in total. The Morgan fingerprint density at radius 2 is 2.00 bits per heavy atom. The highest BCUT2D eigenvalue weighted by atomic mass is 14.9. The maximum Gasteiger partial charge on any atom is 0.103 e. The summed E-state index contributed by atoms with van der Waals surface area (Å²) >= 11 is 0. The molecule has 0 bridgehead atoms. The third kappa shape index (κ3) is 3.80. The van der Waals surface area contributed by atoms with E-state index < -0.39 is 0 Å². The fourth-order valence-electron chi connectivity index (χ4n) is 2.34. The standard InChI is InChI=1S/C17H20N4/c1-12-10-17(15(11-18)13(2)21-12)20-9-8-16(19)14-6-4-3-5-7-14/h3-7,10,16H,8-9,19H2,1-2H3,(H,20,21). The molecule has 1 heterocycles. The molecule has 0 amide bonds. The van der Waals surface area contributed by atoms with E-state index in [2.05, 4.69) is 16.4 Å². The Hall–Kier alpha value is -2.38. The molecule has 108 valence electrons. The summed E-state index contributed by atoms with van der Waals surface area (Å²) in [7, 11) is 0. The zero-order valence-electron chi connectivity index (χ0n) is 12.4. The Labute approximate surface area is 125 Å². The van der Waals surface area contributed by atoms with Crippen molar-refractivity contribution in [2.24, 2.45) is 5.73 Å². The molecule has 0 aliphatic carbocycles. The number of hydrogen-bond donors (Lipinski definition) is 2. The Balaban J connectivity index is 2.00. The number of nitrogens with two attached hydrogens (primary N) is 1. The number of anilines is 1. The molecule has 0 radical (unpaired) electrons. The van der Waals surface area contributed by atoms with Crippen LogP contribution in [0.15, 0.2) is 36.4 Å². The number of aryl methyl sites for hydroxylation is 2. The number of rotatable bonds is 5. The number of hydrogen-bond acceptors (Lipinski definition) is 4. The van der Waals surface area contributed by atoms with Crippen molar-refractivity contribution in [1.82, 2.24) is 4.98 Å². The summed E-state index contributed by atoms with van der Waals surface area (Å²) in [6, 6.07) is 14.1. The lowest BCUT2D eigenvalue weighted by Crippen LogP contribution is -2.16. The molecule has 0 fully saturated rings. The molecule has 1 aromatic carbocycles. The number of nitrogens with one attached hydrogen (secondary N) is 1. The number of pyridine rings is 1. The summed E-state index contributed by atoms with van der Waals surface area (Å²) in [5.74, 6) is 0. The lowest BCUT2D eigenvalue weighted by molar-refractivity contribution is 0.675. The minimum atomic E-state index is -0.00623. The van der Waals surface area contributed by atoms with Gasteiger partial charge in [0, 0.05) is 18.3 Å². The van der Waals surface area contributed by atoms with Crippen LogP contribution in [-0.2, 0) is 0 Å². The summed E-state index contributed by atoms with van der Waals surface area (Å²) in [6.07, 6.45) is 0.801. The van der Waals surface area contributed by atoms with Gasteiger partial charge in [-0.1, -0.05) is 30.3 Å². The van der Waals surface area contributed by atoms with Crippen molar-refractivity contribution in [2.75, 3.05) is 11.9 Å². The highest BCUT2D eigenvalue weighted by molar-refractivity contribution is 5.59. The van der Waals surface area contributed by atoms with Crippen LogP contribution in [0.4, 0.5) is 5.69 Å². The first-order chi connectivity index (χ1) is 10.1. The smallest absolute Gasteiger partial charge is 0.103 e. The predicted molar refractivity (Wildman–Crippen MR) is 84.9 cm³/mol. The topological polar surface area (TPSA) is 74.7 Å². The summed E-state index contributed by atoms with van der Waals surface area (Å²) in [5.41, 5.74) is 10.4. The number of nitrogens with zero attached hydrogens (tertiary/aromatic N) is 2. The first-order valence-electron chi connectivity index (χ1n) is 7.04. The zero-order chi connectivity index (χ0) is 15.2. The van der Waals surface area contributed by atoms with E-state index in [9.17, 15) is 5.26 Å². The van der Waals surface area contributed by atoms with Crippen molar-refractivity contribution in [3.8, 4) is 6.07 Å². The minimum Gasteiger partial charge on any atom is -0.384 e. The fraction of sp³-hybridized carbons (Fsp3) is 0.294. The lowest BCUT2D eigenvalue weighted by atomic mass is 10.0. The van der Waals surface area contributed by atoms with Gasteiger partial charge in [-0.05, 0) is 31.9 Å². The number of aromatic nitrogens is 1. The van der Waals surface area contributed by atoms with Crippen LogP contribution >= 0.6 is 0 Å². The molecule has 0 aliphatic rings. The maximum atomic E-state index is 9.22. The van der Waals surface area contributed by atoms with Gasteiger partial charge in [-0.15, -0.1) is 0 Å². The molecule has 0 saturated heterocycles. The Morgan fingerprint density at radius 1 is 1.29 bits per heavy atom. The van der Waals surface area contributed by atoms with Crippen molar-refractivity contribution in [3.63, 3.8) is 0 Å². The van der Waals surface area contributed by atoms with Crippen molar-refractivity contribution in [3.05, 3.63) is 58.9 Å². The molecule has 2 rings (SSSR count). The van der Waals surface area contributed by atoms with Crippen LogP contribution in [0.2, 0.25) is 0 Å². The van der Waals surface area contributed by atoms with Crippen LogP contribution in [-0.4, -0.2) is 11.5 Å². The second kappa shape index (κ2) is 6.87. The predicted octanol–water partition coefficient (Wildman–Crippen LogP) is 3.07. The fourth-order valence-corrected chi connectivity index (χ4v) is 2.34. The van der Waals surface area contributed by atoms with Gasteiger partial charge in [-0.25, -0.2) is 0 Å². The summed E-state index contributed by atoms with van der Waals surface area (Å²) in [4.78, 5) is 4.31. The molecule has 21 heavy (non-hydrogen) atoms. The molecule has 1 aromatic heterocycles. The van der Waals surface area contributed by atoms with Gasteiger partial charge >= 0.3 is 0 Å². The van der Waals surface area contributed by atoms with Gasteiger partial charge in [-0.3, -0.25) is 4.98 Å². The molecule has 4 heteroatoms. The summed E-state index contributed by atoms with van der Waals surface area (Å²) in [6.45, 7) is 4.50.